The van der Waals surface area contributed by atoms with Crippen LogP contribution in [0, 0.1) is 12.8 Å². The maximum Gasteiger partial charge on any atom is 0.263 e. The highest BCUT2D eigenvalue weighted by Gasteiger charge is 2.44. The Kier molecular flexibility index (Phi) is 3.45. The fourth-order valence-corrected chi connectivity index (χ4v) is 3.30. The molecule has 3 aromatic heterocycles. The van der Waals surface area contributed by atoms with E-state index in [9.17, 15) is 9.59 Å². The molecule has 0 aromatic carbocycles. The van der Waals surface area contributed by atoms with E-state index in [-0.39, 0.29) is 23.3 Å². The lowest BCUT2D eigenvalue weighted by Crippen LogP contribution is -2.21. The van der Waals surface area contributed by atoms with E-state index in [0.29, 0.717) is 11.2 Å². The van der Waals surface area contributed by atoms with Crippen LogP contribution in [-0.2, 0) is 18.9 Å². The third-order valence-electron chi connectivity index (χ3n) is 4.99. The normalized spacial score (nSPS) is 19.2. The van der Waals surface area contributed by atoms with Crippen LogP contribution in [0.4, 0.5) is 5.82 Å². The number of hydrogen-bond donors (Lipinski definition) is 1. The van der Waals surface area contributed by atoms with Crippen LogP contribution in [0.15, 0.2) is 35.4 Å². The molecule has 0 saturated heterocycles. The zero-order valence-electron chi connectivity index (χ0n) is 14.4. The summed E-state index contributed by atoms with van der Waals surface area (Å²) in [6.45, 7) is 1.87. The second-order valence-corrected chi connectivity index (χ2v) is 6.60. The van der Waals surface area contributed by atoms with Gasteiger partial charge in [-0.05, 0) is 43.0 Å². The van der Waals surface area contributed by atoms with E-state index >= 15 is 0 Å². The van der Waals surface area contributed by atoms with Crippen LogP contribution in [0.2, 0.25) is 0 Å². The summed E-state index contributed by atoms with van der Waals surface area (Å²) in [4.78, 5) is 29.2. The van der Waals surface area contributed by atoms with Crippen molar-refractivity contribution in [2.75, 3.05) is 5.32 Å². The van der Waals surface area contributed by atoms with Crippen LogP contribution in [0.1, 0.15) is 23.6 Å². The molecule has 1 aliphatic carbocycles. The summed E-state index contributed by atoms with van der Waals surface area (Å²) in [5.74, 6) is 0.365. The van der Waals surface area contributed by atoms with Gasteiger partial charge in [0.25, 0.3) is 5.56 Å². The van der Waals surface area contributed by atoms with Gasteiger partial charge in [-0.1, -0.05) is 0 Å². The minimum Gasteiger partial charge on any atom is -0.315 e. The van der Waals surface area contributed by atoms with Crippen LogP contribution in [0.5, 0.6) is 0 Å². The number of amides is 1. The van der Waals surface area contributed by atoms with Gasteiger partial charge < -0.3 is 9.88 Å². The second-order valence-electron chi connectivity index (χ2n) is 6.60. The molecule has 0 radical (unpaired) electrons. The number of nitrogens with zero attached hydrogens (tertiary/aromatic N) is 4. The van der Waals surface area contributed by atoms with Gasteiger partial charge >= 0.3 is 0 Å². The molecule has 128 valence electrons. The summed E-state index contributed by atoms with van der Waals surface area (Å²) in [6.07, 6.45) is 4.28. The van der Waals surface area contributed by atoms with Gasteiger partial charge in [-0.25, -0.2) is 0 Å². The predicted octanol–water partition coefficient (Wildman–Crippen LogP) is 1.72. The van der Waals surface area contributed by atoms with E-state index in [0.717, 1.165) is 23.2 Å². The van der Waals surface area contributed by atoms with Crippen LogP contribution >= 0.6 is 0 Å². The molecule has 25 heavy (non-hydrogen) atoms. The zero-order valence-corrected chi connectivity index (χ0v) is 14.4. The van der Waals surface area contributed by atoms with Crippen molar-refractivity contribution >= 4 is 22.6 Å². The number of aromatic nitrogens is 4. The number of carbonyl (C=O) groups is 1. The van der Waals surface area contributed by atoms with Crippen LogP contribution in [0.25, 0.3) is 10.9 Å². The van der Waals surface area contributed by atoms with Crippen molar-refractivity contribution in [3.8, 4) is 0 Å². The third kappa shape index (κ3) is 2.52. The maximum atomic E-state index is 12.6. The van der Waals surface area contributed by atoms with Crippen LogP contribution in [-0.4, -0.2) is 25.2 Å². The molecular weight excluding hydrogens is 318 g/mol. The van der Waals surface area contributed by atoms with Crippen molar-refractivity contribution in [3.63, 3.8) is 0 Å². The first-order chi connectivity index (χ1) is 12.0. The lowest BCUT2D eigenvalue weighted by Gasteiger charge is -2.05. The Balaban J connectivity index is 1.63. The van der Waals surface area contributed by atoms with Crippen molar-refractivity contribution in [3.05, 3.63) is 52.2 Å². The van der Waals surface area contributed by atoms with Crippen molar-refractivity contribution in [1.29, 1.82) is 0 Å². The Morgan fingerprint density at radius 3 is 2.72 bits per heavy atom. The molecule has 1 aliphatic rings. The summed E-state index contributed by atoms with van der Waals surface area (Å²) in [7, 11) is 3.49. The van der Waals surface area contributed by atoms with E-state index in [1.165, 1.54) is 0 Å². The topological polar surface area (TPSA) is 81.8 Å². The predicted molar refractivity (Wildman–Crippen MR) is 94.4 cm³/mol. The standard InChI is InChI=1S/C18H19N5O2/c1-10-8-14-15(18(25)22(10)2)16(21-23(14)3)20-17(24)13-9-12(13)11-4-6-19-7-5-11/h4-8,12-13H,9H2,1-3H3,(H,20,21,24)/t12-,13+/m0/s1. The summed E-state index contributed by atoms with van der Waals surface area (Å²) in [6, 6.07) is 5.77. The molecule has 0 unspecified atom stereocenters. The Morgan fingerprint density at radius 2 is 2.00 bits per heavy atom. The van der Waals surface area contributed by atoms with Gasteiger partial charge in [0.1, 0.15) is 5.39 Å². The second kappa shape index (κ2) is 5.54. The first-order valence-corrected chi connectivity index (χ1v) is 8.21. The van der Waals surface area contributed by atoms with Gasteiger partial charge in [-0.15, -0.1) is 0 Å². The number of nitrogens with one attached hydrogen (secondary N) is 1. The average Bonchev–Trinajstić information content (AvgIpc) is 3.35. The van der Waals surface area contributed by atoms with Gasteiger partial charge in [0, 0.05) is 38.1 Å². The third-order valence-corrected chi connectivity index (χ3v) is 4.99. The average molecular weight is 337 g/mol. The molecule has 7 heteroatoms. The Labute approximate surface area is 144 Å². The smallest absolute Gasteiger partial charge is 0.263 e. The molecule has 1 fully saturated rings. The van der Waals surface area contributed by atoms with E-state index in [1.54, 1.807) is 35.7 Å². The van der Waals surface area contributed by atoms with Crippen molar-refractivity contribution in [2.45, 2.75) is 19.3 Å². The maximum absolute atomic E-state index is 12.6. The monoisotopic (exact) mass is 337 g/mol. The van der Waals surface area contributed by atoms with Gasteiger partial charge in [-0.3, -0.25) is 19.3 Å². The zero-order chi connectivity index (χ0) is 17.7. The molecular formula is C18H19N5O2. The van der Waals surface area contributed by atoms with Gasteiger partial charge in [0.15, 0.2) is 5.82 Å². The highest BCUT2D eigenvalue weighted by molar-refractivity contribution is 6.01. The molecule has 0 spiro atoms. The lowest BCUT2D eigenvalue weighted by atomic mass is 10.1. The van der Waals surface area contributed by atoms with Crippen LogP contribution < -0.4 is 10.9 Å². The van der Waals surface area contributed by atoms with Gasteiger partial charge in [-0.2, -0.15) is 5.10 Å². The molecule has 1 amide bonds. The van der Waals surface area contributed by atoms with Crippen molar-refractivity contribution in [2.24, 2.45) is 20.0 Å². The SMILES string of the molecule is Cc1cc2c(c(NC(=O)[C@@H]3C[C@H]3c3ccncc3)nn2C)c(=O)n1C. The minimum absolute atomic E-state index is 0.0891. The molecule has 0 aliphatic heterocycles. The number of fused-ring (bicyclic) bond motifs is 1. The fraction of sp³-hybridized carbons (Fsp3) is 0.333. The first-order valence-electron chi connectivity index (χ1n) is 8.21. The van der Waals surface area contributed by atoms with Crippen molar-refractivity contribution < 1.29 is 4.79 Å². The van der Waals surface area contributed by atoms with E-state index in [4.69, 9.17) is 0 Å². The highest BCUT2D eigenvalue weighted by Crippen LogP contribution is 2.47. The first kappa shape index (κ1) is 15.6. The number of hydrogen-bond acceptors (Lipinski definition) is 4. The Morgan fingerprint density at radius 1 is 1.28 bits per heavy atom. The number of pyridine rings is 2. The Hall–Kier alpha value is -2.96. The molecule has 3 aromatic rings. The molecule has 3 heterocycles. The Bertz CT molecular complexity index is 1040. The summed E-state index contributed by atoms with van der Waals surface area (Å²) in [5.41, 5.74) is 2.53. The molecule has 2 atom stereocenters. The van der Waals surface area contributed by atoms with E-state index in [2.05, 4.69) is 15.4 Å². The summed E-state index contributed by atoms with van der Waals surface area (Å²) >= 11 is 0. The molecule has 1 N–H and O–H groups in total. The van der Waals surface area contributed by atoms with E-state index in [1.807, 2.05) is 25.1 Å². The summed E-state index contributed by atoms with van der Waals surface area (Å²) in [5, 5.41) is 7.65. The number of aryl methyl sites for hydroxylation is 2. The number of carbonyl (C=O) groups excluding carboxylic acids is 1. The molecule has 7 nitrogen and oxygen atoms in total. The van der Waals surface area contributed by atoms with Gasteiger partial charge in [0.05, 0.1) is 5.52 Å². The lowest BCUT2D eigenvalue weighted by molar-refractivity contribution is -0.117. The van der Waals surface area contributed by atoms with E-state index < -0.39 is 0 Å². The molecule has 4 rings (SSSR count). The quantitative estimate of drug-likeness (QED) is 0.789. The van der Waals surface area contributed by atoms with Crippen LogP contribution in [0.3, 0.4) is 0 Å². The number of anilines is 1. The highest BCUT2D eigenvalue weighted by atomic mass is 16.2. The largest absolute Gasteiger partial charge is 0.315 e. The van der Waals surface area contributed by atoms with Gasteiger partial charge in [0.2, 0.25) is 5.91 Å². The molecule has 1 saturated carbocycles. The minimum atomic E-state index is -0.153. The number of rotatable bonds is 3. The fourth-order valence-electron chi connectivity index (χ4n) is 3.30. The molecule has 0 bridgehead atoms. The summed E-state index contributed by atoms with van der Waals surface area (Å²) < 4.78 is 3.20. The van der Waals surface area contributed by atoms with Crippen molar-refractivity contribution in [1.82, 2.24) is 19.3 Å².